The lowest BCUT2D eigenvalue weighted by Gasteiger charge is -2.24. The third-order valence-corrected chi connectivity index (χ3v) is 3.35. The lowest BCUT2D eigenvalue weighted by Crippen LogP contribution is -2.37. The number of ether oxygens (including phenoxy) is 1. The summed E-state index contributed by atoms with van der Waals surface area (Å²) < 4.78 is 5.82. The molecular formula is C12H17BrN2O2. The van der Waals surface area contributed by atoms with Crippen LogP contribution < -0.4 is 5.73 Å². The van der Waals surface area contributed by atoms with Crippen LogP contribution in [0.25, 0.3) is 0 Å². The monoisotopic (exact) mass is 300 g/mol. The largest absolute Gasteiger partial charge is 0.398 e. The molecule has 5 heteroatoms. The smallest absolute Gasteiger partial charge is 0.253 e. The molecular weight excluding hydrogens is 284 g/mol. The van der Waals surface area contributed by atoms with Crippen molar-refractivity contribution in [3.63, 3.8) is 0 Å². The average molecular weight is 301 g/mol. The summed E-state index contributed by atoms with van der Waals surface area (Å²) in [6.45, 7) is 2.44. The standard InChI is InChI=1S/C12H17BrN2O2/c1-8(7-17-3)15(2)12(16)9-4-5-10(13)11(14)6-9/h4-6,8H,7,14H2,1-3H3. The molecule has 4 nitrogen and oxygen atoms in total. The third kappa shape index (κ3) is 3.44. The molecule has 1 aromatic rings. The summed E-state index contributed by atoms with van der Waals surface area (Å²) in [5.74, 6) is -0.0613. The van der Waals surface area contributed by atoms with Crippen molar-refractivity contribution in [2.24, 2.45) is 0 Å². The fraction of sp³-hybridized carbons (Fsp3) is 0.417. The molecule has 0 spiro atoms. The van der Waals surface area contributed by atoms with Crippen LogP contribution in [-0.2, 0) is 4.74 Å². The van der Waals surface area contributed by atoms with Crippen LogP contribution in [0.5, 0.6) is 0 Å². The number of likely N-dealkylation sites (N-methyl/N-ethyl adjacent to an activating group) is 1. The van der Waals surface area contributed by atoms with Gasteiger partial charge in [0.25, 0.3) is 5.91 Å². The SMILES string of the molecule is COCC(C)N(C)C(=O)c1ccc(Br)c(N)c1. The lowest BCUT2D eigenvalue weighted by atomic mass is 10.1. The molecule has 0 aromatic heterocycles. The Bertz CT molecular complexity index is 409. The van der Waals surface area contributed by atoms with Crippen molar-refractivity contribution in [1.29, 1.82) is 0 Å². The first-order valence-electron chi connectivity index (χ1n) is 5.28. The van der Waals surface area contributed by atoms with Gasteiger partial charge in [0, 0.05) is 29.9 Å². The number of methoxy groups -OCH3 is 1. The van der Waals surface area contributed by atoms with Crippen LogP contribution in [0.1, 0.15) is 17.3 Å². The molecule has 1 atom stereocenters. The van der Waals surface area contributed by atoms with Gasteiger partial charge in [-0.2, -0.15) is 0 Å². The second-order valence-corrected chi connectivity index (χ2v) is 4.81. The zero-order valence-corrected chi connectivity index (χ0v) is 11.8. The number of anilines is 1. The molecule has 1 rings (SSSR count). The molecule has 2 N–H and O–H groups in total. The number of benzene rings is 1. The molecule has 94 valence electrons. The summed E-state index contributed by atoms with van der Waals surface area (Å²) in [5.41, 5.74) is 6.89. The van der Waals surface area contributed by atoms with Gasteiger partial charge in [0.2, 0.25) is 0 Å². The van der Waals surface area contributed by atoms with E-state index < -0.39 is 0 Å². The Hall–Kier alpha value is -1.07. The Balaban J connectivity index is 2.85. The number of carbonyl (C=O) groups excluding carboxylic acids is 1. The average Bonchev–Trinajstić information content (AvgIpc) is 2.31. The van der Waals surface area contributed by atoms with Gasteiger partial charge in [-0.3, -0.25) is 4.79 Å². The van der Waals surface area contributed by atoms with Gasteiger partial charge in [-0.15, -0.1) is 0 Å². The highest BCUT2D eigenvalue weighted by Crippen LogP contribution is 2.21. The van der Waals surface area contributed by atoms with Crippen LogP contribution >= 0.6 is 15.9 Å². The number of nitrogens with two attached hydrogens (primary N) is 1. The second kappa shape index (κ2) is 6.02. The van der Waals surface area contributed by atoms with Gasteiger partial charge < -0.3 is 15.4 Å². The van der Waals surface area contributed by atoms with E-state index in [9.17, 15) is 4.79 Å². The minimum absolute atomic E-state index is 0.0253. The number of carbonyl (C=O) groups is 1. The number of halogens is 1. The summed E-state index contributed by atoms with van der Waals surface area (Å²) in [6.07, 6.45) is 0. The number of hydrogen-bond acceptors (Lipinski definition) is 3. The van der Waals surface area contributed by atoms with E-state index in [2.05, 4.69) is 15.9 Å². The zero-order chi connectivity index (χ0) is 13.0. The molecule has 1 amide bonds. The predicted molar refractivity (Wildman–Crippen MR) is 72.0 cm³/mol. The number of amides is 1. The highest BCUT2D eigenvalue weighted by Gasteiger charge is 2.17. The minimum Gasteiger partial charge on any atom is -0.398 e. The molecule has 1 unspecified atom stereocenters. The molecule has 17 heavy (non-hydrogen) atoms. The maximum absolute atomic E-state index is 12.1. The third-order valence-electron chi connectivity index (χ3n) is 2.63. The molecule has 0 radical (unpaired) electrons. The van der Waals surface area contributed by atoms with Crippen LogP contribution in [-0.4, -0.2) is 37.6 Å². The molecule has 0 aliphatic rings. The maximum atomic E-state index is 12.1. The first kappa shape index (κ1) is 14.0. The highest BCUT2D eigenvalue weighted by atomic mass is 79.9. The van der Waals surface area contributed by atoms with Crippen LogP contribution in [0, 0.1) is 0 Å². The molecule has 0 fully saturated rings. The minimum atomic E-state index is -0.0613. The summed E-state index contributed by atoms with van der Waals surface area (Å²) >= 11 is 3.30. The normalized spacial score (nSPS) is 12.2. The van der Waals surface area contributed by atoms with E-state index in [1.165, 1.54) is 0 Å². The van der Waals surface area contributed by atoms with Crippen molar-refractivity contribution in [3.8, 4) is 0 Å². The van der Waals surface area contributed by atoms with Gasteiger partial charge in [0.15, 0.2) is 0 Å². The fourth-order valence-corrected chi connectivity index (χ4v) is 1.68. The molecule has 0 saturated heterocycles. The number of nitrogens with zero attached hydrogens (tertiary/aromatic N) is 1. The van der Waals surface area contributed by atoms with Gasteiger partial charge in [0.1, 0.15) is 0 Å². The van der Waals surface area contributed by atoms with E-state index in [4.69, 9.17) is 10.5 Å². The van der Waals surface area contributed by atoms with E-state index in [1.807, 2.05) is 6.92 Å². The molecule has 1 aromatic carbocycles. The molecule has 0 heterocycles. The summed E-state index contributed by atoms with van der Waals surface area (Å²) in [5, 5.41) is 0. The first-order valence-corrected chi connectivity index (χ1v) is 6.07. The predicted octanol–water partition coefficient (Wildman–Crippen LogP) is 2.14. The molecule has 0 bridgehead atoms. The van der Waals surface area contributed by atoms with Gasteiger partial charge in [0.05, 0.1) is 12.6 Å². The van der Waals surface area contributed by atoms with Gasteiger partial charge in [-0.05, 0) is 41.1 Å². The highest BCUT2D eigenvalue weighted by molar-refractivity contribution is 9.10. The number of hydrogen-bond donors (Lipinski definition) is 1. The molecule has 0 aliphatic carbocycles. The van der Waals surface area contributed by atoms with Gasteiger partial charge in [-0.25, -0.2) is 0 Å². The fourth-order valence-electron chi connectivity index (χ4n) is 1.43. The van der Waals surface area contributed by atoms with E-state index >= 15 is 0 Å². The first-order chi connectivity index (χ1) is 7.97. The Morgan fingerprint density at radius 1 is 1.59 bits per heavy atom. The maximum Gasteiger partial charge on any atom is 0.253 e. The number of rotatable bonds is 4. The van der Waals surface area contributed by atoms with Crippen molar-refractivity contribution >= 4 is 27.5 Å². The second-order valence-electron chi connectivity index (χ2n) is 3.96. The topological polar surface area (TPSA) is 55.6 Å². The summed E-state index contributed by atoms with van der Waals surface area (Å²) in [4.78, 5) is 13.8. The van der Waals surface area contributed by atoms with Crippen molar-refractivity contribution in [1.82, 2.24) is 4.90 Å². The van der Waals surface area contributed by atoms with Crippen molar-refractivity contribution in [2.45, 2.75) is 13.0 Å². The van der Waals surface area contributed by atoms with Gasteiger partial charge in [-0.1, -0.05) is 0 Å². The Labute approximate surface area is 110 Å². The van der Waals surface area contributed by atoms with Gasteiger partial charge >= 0.3 is 0 Å². The Kier molecular flexibility index (Phi) is 4.96. The van der Waals surface area contributed by atoms with Crippen LogP contribution in [0.15, 0.2) is 22.7 Å². The van der Waals surface area contributed by atoms with E-state index in [-0.39, 0.29) is 11.9 Å². The van der Waals surface area contributed by atoms with Crippen molar-refractivity contribution in [3.05, 3.63) is 28.2 Å². The van der Waals surface area contributed by atoms with Crippen LogP contribution in [0.3, 0.4) is 0 Å². The molecule has 0 aliphatic heterocycles. The molecule has 0 saturated carbocycles. The summed E-state index contributed by atoms with van der Waals surface area (Å²) in [6, 6.07) is 5.22. The zero-order valence-electron chi connectivity index (χ0n) is 10.2. The van der Waals surface area contributed by atoms with E-state index in [0.29, 0.717) is 17.9 Å². The van der Waals surface area contributed by atoms with E-state index in [0.717, 1.165) is 4.47 Å². The Morgan fingerprint density at radius 2 is 2.24 bits per heavy atom. The lowest BCUT2D eigenvalue weighted by molar-refractivity contribution is 0.0633. The van der Waals surface area contributed by atoms with E-state index in [1.54, 1.807) is 37.3 Å². The quantitative estimate of drug-likeness (QED) is 0.867. The van der Waals surface area contributed by atoms with Crippen LogP contribution in [0.2, 0.25) is 0 Å². The Morgan fingerprint density at radius 3 is 2.76 bits per heavy atom. The van der Waals surface area contributed by atoms with Crippen molar-refractivity contribution in [2.75, 3.05) is 26.5 Å². The number of nitrogen functional groups attached to an aromatic ring is 1. The van der Waals surface area contributed by atoms with Crippen LogP contribution in [0.4, 0.5) is 5.69 Å². The van der Waals surface area contributed by atoms with Crippen molar-refractivity contribution < 1.29 is 9.53 Å². The summed E-state index contributed by atoms with van der Waals surface area (Å²) in [7, 11) is 3.37.